The number of aliphatic hydroxyl groups is 1. The number of hydrogen-bond acceptors (Lipinski definition) is 3. The van der Waals surface area contributed by atoms with Gasteiger partial charge in [-0.15, -0.1) is 0 Å². The second kappa shape index (κ2) is 9.51. The summed E-state index contributed by atoms with van der Waals surface area (Å²) in [5.74, 6) is -0.580. The lowest BCUT2D eigenvalue weighted by Crippen LogP contribution is -2.44. The largest absolute Gasteiger partial charge is 0.372 e. The molecular weight excluding hydrogens is 372 g/mol. The minimum atomic E-state index is -1.85. The minimum absolute atomic E-state index is 0.512. The van der Waals surface area contributed by atoms with Crippen molar-refractivity contribution < 1.29 is 9.90 Å². The van der Waals surface area contributed by atoms with Crippen molar-refractivity contribution in [3.05, 3.63) is 107 Å². The van der Waals surface area contributed by atoms with Crippen molar-refractivity contribution >= 4 is 11.6 Å². The number of nitrogens with one attached hydrogen (secondary N) is 1. The molecule has 2 N–H and O–H groups in total. The highest BCUT2D eigenvalue weighted by Gasteiger charge is 2.40. The number of hydrogen-bond donors (Lipinski definition) is 2. The van der Waals surface area contributed by atoms with E-state index in [4.69, 9.17) is 0 Å². The number of hydrazone groups is 1. The summed E-state index contributed by atoms with van der Waals surface area (Å²) < 4.78 is 0. The maximum Gasteiger partial charge on any atom is 0.281 e. The summed E-state index contributed by atoms with van der Waals surface area (Å²) in [6.07, 6.45) is 1.61. The van der Waals surface area contributed by atoms with E-state index in [0.29, 0.717) is 11.1 Å². The lowest BCUT2D eigenvalue weighted by molar-refractivity contribution is -0.136. The standard InChI is InChI=1S/C26H28N2O2/c1-4-10-24(21-13-6-5-7-14-21)27-28-25(29)26(30,22-15-8-11-19(2)17-22)23-16-9-12-20(3)18-23/h5-9,11-18,30H,4,10H2,1-3H3,(H,28,29)/b27-24-. The molecule has 4 heteroatoms. The molecule has 4 nitrogen and oxygen atoms in total. The molecule has 0 heterocycles. The summed E-state index contributed by atoms with van der Waals surface area (Å²) >= 11 is 0. The molecule has 0 aliphatic carbocycles. The second-order valence-electron chi connectivity index (χ2n) is 7.56. The molecule has 0 aliphatic rings. The summed E-state index contributed by atoms with van der Waals surface area (Å²) in [7, 11) is 0. The molecule has 154 valence electrons. The first-order valence-corrected chi connectivity index (χ1v) is 10.2. The van der Waals surface area contributed by atoms with E-state index in [-0.39, 0.29) is 0 Å². The van der Waals surface area contributed by atoms with Crippen LogP contribution in [0.15, 0.2) is 84.0 Å². The van der Waals surface area contributed by atoms with Crippen LogP contribution in [0.5, 0.6) is 0 Å². The van der Waals surface area contributed by atoms with Crippen LogP contribution in [0.4, 0.5) is 0 Å². The van der Waals surface area contributed by atoms with E-state index >= 15 is 0 Å². The van der Waals surface area contributed by atoms with E-state index in [2.05, 4.69) is 17.5 Å². The first-order chi connectivity index (χ1) is 14.4. The van der Waals surface area contributed by atoms with Gasteiger partial charge >= 0.3 is 0 Å². The van der Waals surface area contributed by atoms with Crippen molar-refractivity contribution in [1.82, 2.24) is 5.43 Å². The van der Waals surface area contributed by atoms with E-state index in [9.17, 15) is 9.90 Å². The Kier molecular flexibility index (Phi) is 6.80. The number of aryl methyl sites for hydroxylation is 2. The van der Waals surface area contributed by atoms with Gasteiger partial charge in [-0.2, -0.15) is 5.10 Å². The van der Waals surface area contributed by atoms with Crippen molar-refractivity contribution in [2.75, 3.05) is 0 Å². The Morgan fingerprint density at radius 3 is 1.97 bits per heavy atom. The monoisotopic (exact) mass is 400 g/mol. The van der Waals surface area contributed by atoms with Gasteiger partial charge < -0.3 is 5.11 Å². The fourth-order valence-corrected chi connectivity index (χ4v) is 3.50. The first-order valence-electron chi connectivity index (χ1n) is 10.2. The van der Waals surface area contributed by atoms with Crippen LogP contribution in [-0.4, -0.2) is 16.7 Å². The van der Waals surface area contributed by atoms with Crippen LogP contribution in [0.3, 0.4) is 0 Å². The van der Waals surface area contributed by atoms with Crippen molar-refractivity contribution in [1.29, 1.82) is 0 Å². The van der Waals surface area contributed by atoms with Gasteiger partial charge in [-0.05, 0) is 37.0 Å². The Balaban J connectivity index is 2.02. The lowest BCUT2D eigenvalue weighted by atomic mass is 9.84. The van der Waals surface area contributed by atoms with Crippen molar-refractivity contribution in [3.63, 3.8) is 0 Å². The zero-order valence-corrected chi connectivity index (χ0v) is 17.7. The average molecular weight is 401 g/mol. The third-order valence-electron chi connectivity index (χ3n) is 5.09. The lowest BCUT2D eigenvalue weighted by Gasteiger charge is -2.28. The molecule has 0 aliphatic heterocycles. The average Bonchev–Trinajstić information content (AvgIpc) is 2.76. The van der Waals surface area contributed by atoms with E-state index in [1.165, 1.54) is 0 Å². The number of carbonyl (C=O) groups excluding carboxylic acids is 1. The third kappa shape index (κ3) is 4.66. The van der Waals surface area contributed by atoms with Crippen LogP contribution in [0.25, 0.3) is 0 Å². The molecule has 3 aromatic rings. The molecule has 0 aromatic heterocycles. The highest BCUT2D eigenvalue weighted by atomic mass is 16.3. The number of amides is 1. The molecule has 0 radical (unpaired) electrons. The quantitative estimate of drug-likeness (QED) is 0.439. The van der Waals surface area contributed by atoms with Gasteiger partial charge in [0.15, 0.2) is 5.60 Å². The van der Waals surface area contributed by atoms with Crippen molar-refractivity contribution in [3.8, 4) is 0 Å². The van der Waals surface area contributed by atoms with Crippen LogP contribution in [-0.2, 0) is 10.4 Å². The van der Waals surface area contributed by atoms with Gasteiger partial charge in [0, 0.05) is 0 Å². The van der Waals surface area contributed by atoms with Crippen molar-refractivity contribution in [2.24, 2.45) is 5.10 Å². The Labute approximate surface area is 178 Å². The van der Waals surface area contributed by atoms with Crippen LogP contribution in [0.2, 0.25) is 0 Å². The molecule has 0 fully saturated rings. The molecule has 3 rings (SSSR count). The first kappa shape index (κ1) is 21.5. The highest BCUT2D eigenvalue weighted by molar-refractivity contribution is 6.01. The Bertz CT molecular complexity index is 996. The van der Waals surface area contributed by atoms with Gasteiger partial charge in [-0.3, -0.25) is 4.79 Å². The van der Waals surface area contributed by atoms with E-state index in [0.717, 1.165) is 35.2 Å². The van der Waals surface area contributed by atoms with E-state index in [1.807, 2.05) is 80.6 Å². The van der Waals surface area contributed by atoms with Gasteiger partial charge in [0.05, 0.1) is 5.71 Å². The number of carbonyl (C=O) groups is 1. The summed E-state index contributed by atoms with van der Waals surface area (Å²) in [4.78, 5) is 13.4. The van der Waals surface area contributed by atoms with Gasteiger partial charge in [-0.1, -0.05) is 103 Å². The SMILES string of the molecule is CCC/C(=N/NC(=O)C(O)(c1cccc(C)c1)c1cccc(C)c1)c1ccccc1. The fraction of sp³-hybridized carbons (Fsp3) is 0.231. The summed E-state index contributed by atoms with van der Waals surface area (Å²) in [5.41, 5.74) is 5.47. The Morgan fingerprint density at radius 2 is 1.47 bits per heavy atom. The molecule has 0 saturated heterocycles. The maximum atomic E-state index is 13.4. The van der Waals surface area contributed by atoms with Gasteiger partial charge in [-0.25, -0.2) is 5.43 Å². The predicted molar refractivity (Wildman–Crippen MR) is 121 cm³/mol. The molecule has 0 saturated carbocycles. The van der Waals surface area contributed by atoms with Crippen molar-refractivity contribution in [2.45, 2.75) is 39.2 Å². The summed E-state index contributed by atoms with van der Waals surface area (Å²) in [6.45, 7) is 5.94. The minimum Gasteiger partial charge on any atom is -0.372 e. The molecule has 3 aromatic carbocycles. The molecule has 0 spiro atoms. The molecular formula is C26H28N2O2. The normalized spacial score (nSPS) is 11.9. The van der Waals surface area contributed by atoms with Crippen LogP contribution in [0, 0.1) is 13.8 Å². The highest BCUT2D eigenvalue weighted by Crippen LogP contribution is 2.31. The third-order valence-corrected chi connectivity index (χ3v) is 5.09. The Morgan fingerprint density at radius 1 is 0.900 bits per heavy atom. The molecule has 0 bridgehead atoms. The van der Waals surface area contributed by atoms with Crippen LogP contribution in [0.1, 0.15) is 47.6 Å². The van der Waals surface area contributed by atoms with Crippen LogP contribution < -0.4 is 5.43 Å². The Hall–Kier alpha value is -3.24. The van der Waals surface area contributed by atoms with E-state index in [1.54, 1.807) is 12.1 Å². The molecule has 0 unspecified atom stereocenters. The summed E-state index contributed by atoms with van der Waals surface area (Å²) in [6, 6.07) is 24.5. The van der Waals surface area contributed by atoms with Gasteiger partial charge in [0.1, 0.15) is 0 Å². The fourth-order valence-electron chi connectivity index (χ4n) is 3.50. The zero-order valence-electron chi connectivity index (χ0n) is 17.7. The van der Waals surface area contributed by atoms with Gasteiger partial charge in [0.25, 0.3) is 5.91 Å². The smallest absolute Gasteiger partial charge is 0.281 e. The topological polar surface area (TPSA) is 61.7 Å². The molecule has 0 atom stereocenters. The second-order valence-corrected chi connectivity index (χ2v) is 7.56. The summed E-state index contributed by atoms with van der Waals surface area (Å²) in [5, 5.41) is 16.1. The molecule has 1 amide bonds. The van der Waals surface area contributed by atoms with E-state index < -0.39 is 11.5 Å². The molecule has 30 heavy (non-hydrogen) atoms. The predicted octanol–water partition coefficient (Wildman–Crippen LogP) is 4.86. The van der Waals surface area contributed by atoms with Gasteiger partial charge in [0.2, 0.25) is 0 Å². The zero-order chi connectivity index (χ0) is 21.6. The van der Waals surface area contributed by atoms with Crippen LogP contribution >= 0.6 is 0 Å². The number of nitrogens with zero attached hydrogens (tertiary/aromatic N) is 1. The number of benzene rings is 3. The maximum absolute atomic E-state index is 13.4. The number of rotatable bonds is 7.